The van der Waals surface area contributed by atoms with Gasteiger partial charge in [0.25, 0.3) is 0 Å². The van der Waals surface area contributed by atoms with Crippen molar-refractivity contribution in [3.63, 3.8) is 0 Å². The lowest BCUT2D eigenvalue weighted by Crippen LogP contribution is -2.20. The number of benzene rings is 1. The van der Waals surface area contributed by atoms with E-state index < -0.39 is 15.7 Å². The lowest BCUT2D eigenvalue weighted by molar-refractivity contribution is 0.0988. The third-order valence-electron chi connectivity index (χ3n) is 3.85. The highest BCUT2D eigenvalue weighted by Gasteiger charge is 2.20. The van der Waals surface area contributed by atoms with Gasteiger partial charge in [0.15, 0.2) is 5.78 Å². The van der Waals surface area contributed by atoms with Gasteiger partial charge >= 0.3 is 0 Å². The van der Waals surface area contributed by atoms with Gasteiger partial charge in [0.2, 0.25) is 0 Å². The Morgan fingerprint density at radius 1 is 1.25 bits per heavy atom. The largest absolute Gasteiger partial charge is 0.292 e. The van der Waals surface area contributed by atoms with E-state index in [9.17, 15) is 9.00 Å². The molecule has 0 aliphatic heterocycles. The number of nitrogens with zero attached hydrogens (tertiary/aromatic N) is 2. The molecule has 2 rings (SSSR count). The van der Waals surface area contributed by atoms with Crippen molar-refractivity contribution in [1.29, 1.82) is 0 Å². The maximum Gasteiger partial charge on any atom is 0.185 e. The molecule has 6 heteroatoms. The zero-order valence-corrected chi connectivity index (χ0v) is 18.2. The number of Topliss-reactive ketones (excluding diaryl/α,β-unsaturated/α-hetero) is 1. The molecule has 146 valence electrons. The molecule has 0 N–H and O–H groups in total. The summed E-state index contributed by atoms with van der Waals surface area (Å²) in [5.74, 6) is 5.60. The molecule has 1 aromatic heterocycles. The summed E-state index contributed by atoms with van der Waals surface area (Å²) in [5, 5.41) is 0.504. The van der Waals surface area contributed by atoms with Crippen molar-refractivity contribution < 1.29 is 9.00 Å². The highest BCUT2D eigenvalue weighted by atomic mass is 35.5. The van der Waals surface area contributed by atoms with Crippen LogP contribution in [0, 0.1) is 11.8 Å². The molecule has 28 heavy (non-hydrogen) atoms. The van der Waals surface area contributed by atoms with Gasteiger partial charge in [0.05, 0.1) is 10.5 Å². The quantitative estimate of drug-likeness (QED) is 0.401. The van der Waals surface area contributed by atoms with Gasteiger partial charge in [0, 0.05) is 28.8 Å². The van der Waals surface area contributed by atoms with Crippen LogP contribution in [-0.4, -0.2) is 25.4 Å². The van der Waals surface area contributed by atoms with Crippen molar-refractivity contribution >= 4 is 34.1 Å². The fraction of sp³-hybridized carbons (Fsp3) is 0.318. The van der Waals surface area contributed by atoms with Gasteiger partial charge in [-0.2, -0.15) is 4.40 Å². The number of rotatable bonds is 5. The topological polar surface area (TPSA) is 59.4 Å². The van der Waals surface area contributed by atoms with E-state index in [1.807, 2.05) is 26.8 Å². The van der Waals surface area contributed by atoms with E-state index in [-0.39, 0.29) is 12.2 Å². The van der Waals surface area contributed by atoms with Crippen LogP contribution in [0.25, 0.3) is 0 Å². The number of ketones is 1. The van der Waals surface area contributed by atoms with Gasteiger partial charge in [-0.25, -0.2) is 4.21 Å². The molecule has 0 unspecified atom stereocenters. The maximum absolute atomic E-state index is 12.5. The van der Waals surface area contributed by atoms with Gasteiger partial charge in [0.1, 0.15) is 16.7 Å². The number of carbonyl (C=O) groups is 1. The second-order valence-electron chi connectivity index (χ2n) is 7.26. The Morgan fingerprint density at radius 2 is 1.96 bits per heavy atom. The van der Waals surface area contributed by atoms with E-state index in [0.717, 1.165) is 11.1 Å². The zero-order chi connectivity index (χ0) is 20.9. The Hall–Kier alpha value is -2.29. The summed E-state index contributed by atoms with van der Waals surface area (Å²) in [6.45, 7) is 9.11. The average Bonchev–Trinajstić information content (AvgIpc) is 2.63. The molecule has 0 bridgehead atoms. The minimum Gasteiger partial charge on any atom is -0.292 e. The summed E-state index contributed by atoms with van der Waals surface area (Å²) in [4.78, 5) is 16.7. The van der Waals surface area contributed by atoms with Crippen molar-refractivity contribution in [1.82, 2.24) is 4.98 Å². The van der Waals surface area contributed by atoms with E-state index in [1.54, 1.807) is 44.3 Å². The fourth-order valence-corrected chi connectivity index (χ4v) is 3.20. The molecule has 0 aliphatic carbocycles. The predicted molar refractivity (Wildman–Crippen MR) is 116 cm³/mol. The Bertz CT molecular complexity index is 994. The van der Waals surface area contributed by atoms with Crippen molar-refractivity contribution in [2.24, 2.45) is 4.40 Å². The number of hydrogen-bond acceptors (Lipinski definition) is 3. The van der Waals surface area contributed by atoms with Gasteiger partial charge in [-0.05, 0) is 64.4 Å². The monoisotopic (exact) mass is 414 g/mol. The highest BCUT2D eigenvalue weighted by molar-refractivity contribution is 7.85. The van der Waals surface area contributed by atoms with Crippen molar-refractivity contribution in [3.8, 4) is 11.8 Å². The summed E-state index contributed by atoms with van der Waals surface area (Å²) in [5.41, 5.74) is 3.20. The molecule has 0 amide bonds. The summed E-state index contributed by atoms with van der Waals surface area (Å²) < 4.78 is 16.1. The molecular formula is C22H23ClN2O2S. The van der Waals surface area contributed by atoms with Crippen LogP contribution in [0.5, 0.6) is 0 Å². The fourth-order valence-electron chi connectivity index (χ4n) is 2.32. The minimum atomic E-state index is -1.39. The SMILES string of the molecule is CC#Cc1ccc(C(=O)Cc2ccc(Cl)c(C(C)=N[S@](=O)C(C)(C)C)c2)nc1. The first-order chi connectivity index (χ1) is 13.1. The summed E-state index contributed by atoms with van der Waals surface area (Å²) >= 11 is 6.30. The summed E-state index contributed by atoms with van der Waals surface area (Å²) in [7, 11) is -1.39. The highest BCUT2D eigenvalue weighted by Crippen LogP contribution is 2.21. The standard InChI is InChI=1S/C22H23ClN2O2S/c1-6-7-16-9-11-20(24-14-16)21(26)13-17-8-10-19(23)18(12-17)15(2)25-28(27)22(3,4)5/h8-12,14H,13H2,1-5H3/t28-/m1/s1. The van der Waals surface area contributed by atoms with Crippen molar-refractivity contribution in [2.45, 2.75) is 45.8 Å². The van der Waals surface area contributed by atoms with E-state index in [0.29, 0.717) is 22.0 Å². The predicted octanol–water partition coefficient (Wildman–Crippen LogP) is 4.80. The summed E-state index contributed by atoms with van der Waals surface area (Å²) in [6, 6.07) is 8.80. The van der Waals surface area contributed by atoms with Crippen LogP contribution in [0.3, 0.4) is 0 Å². The lowest BCUT2D eigenvalue weighted by Gasteiger charge is -2.14. The van der Waals surface area contributed by atoms with E-state index in [1.165, 1.54) is 0 Å². The second kappa shape index (κ2) is 9.27. The molecule has 2 aromatic rings. The Kier molecular flexibility index (Phi) is 7.29. The Labute approximate surface area is 174 Å². The van der Waals surface area contributed by atoms with E-state index in [4.69, 9.17) is 11.6 Å². The third-order valence-corrected chi connectivity index (χ3v) is 5.66. The minimum absolute atomic E-state index is 0.0999. The van der Waals surface area contributed by atoms with Gasteiger partial charge in [-0.1, -0.05) is 23.6 Å². The van der Waals surface area contributed by atoms with Crippen molar-refractivity contribution in [2.75, 3.05) is 0 Å². The lowest BCUT2D eigenvalue weighted by atomic mass is 10.0. The molecule has 0 saturated carbocycles. The molecule has 0 spiro atoms. The molecule has 4 nitrogen and oxygen atoms in total. The van der Waals surface area contributed by atoms with Crippen LogP contribution in [0.1, 0.15) is 61.8 Å². The molecule has 1 heterocycles. The normalized spacial score (nSPS) is 12.9. The summed E-state index contributed by atoms with van der Waals surface area (Å²) in [6.07, 6.45) is 1.78. The first-order valence-corrected chi connectivity index (χ1v) is 10.3. The maximum atomic E-state index is 12.5. The smallest absolute Gasteiger partial charge is 0.185 e. The van der Waals surface area contributed by atoms with Crippen LogP contribution < -0.4 is 0 Å². The number of aromatic nitrogens is 1. The molecule has 0 fully saturated rings. The molecule has 0 aliphatic rings. The number of hydrogen-bond donors (Lipinski definition) is 0. The first kappa shape index (κ1) is 22.0. The van der Waals surface area contributed by atoms with Crippen LogP contribution in [0.2, 0.25) is 5.02 Å². The third kappa shape index (κ3) is 5.85. The molecule has 0 saturated heterocycles. The van der Waals surface area contributed by atoms with Gasteiger partial charge in [-0.15, -0.1) is 5.92 Å². The zero-order valence-electron chi connectivity index (χ0n) is 16.7. The van der Waals surface area contributed by atoms with Gasteiger partial charge < -0.3 is 0 Å². The van der Waals surface area contributed by atoms with Crippen LogP contribution in [0.4, 0.5) is 0 Å². The van der Waals surface area contributed by atoms with Crippen LogP contribution in [0.15, 0.2) is 40.9 Å². The second-order valence-corrected chi connectivity index (χ2v) is 9.57. The first-order valence-electron chi connectivity index (χ1n) is 8.80. The van der Waals surface area contributed by atoms with Crippen LogP contribution in [-0.2, 0) is 17.4 Å². The average molecular weight is 415 g/mol. The van der Waals surface area contributed by atoms with Crippen molar-refractivity contribution in [3.05, 3.63) is 63.9 Å². The Balaban J connectivity index is 2.24. The number of pyridine rings is 1. The molecule has 1 aromatic carbocycles. The Morgan fingerprint density at radius 3 is 2.54 bits per heavy atom. The molecular weight excluding hydrogens is 392 g/mol. The van der Waals surface area contributed by atoms with E-state index >= 15 is 0 Å². The number of halogens is 1. The van der Waals surface area contributed by atoms with Gasteiger partial charge in [-0.3, -0.25) is 9.78 Å². The van der Waals surface area contributed by atoms with E-state index in [2.05, 4.69) is 21.2 Å². The number of carbonyl (C=O) groups excluding carboxylic acids is 1. The molecule has 0 radical (unpaired) electrons. The van der Waals surface area contributed by atoms with Crippen LogP contribution >= 0.6 is 11.6 Å². The molecule has 1 atom stereocenters.